The molecule has 0 saturated carbocycles. The highest BCUT2D eigenvalue weighted by molar-refractivity contribution is 5.24. The van der Waals surface area contributed by atoms with Gasteiger partial charge in [0.1, 0.15) is 0 Å². The van der Waals surface area contributed by atoms with Gasteiger partial charge in [-0.1, -0.05) is 85.6 Å². The Labute approximate surface area is 224 Å². The lowest BCUT2D eigenvalue weighted by atomic mass is 9.88. The minimum atomic E-state index is 0.569. The van der Waals surface area contributed by atoms with Crippen LogP contribution in [-0.4, -0.2) is 26.2 Å². The molecule has 36 heavy (non-hydrogen) atoms. The lowest BCUT2D eigenvalue weighted by molar-refractivity contribution is 0.416. The van der Waals surface area contributed by atoms with Crippen molar-refractivity contribution in [2.45, 2.75) is 97.8 Å². The molecule has 0 aromatic rings. The molecule has 3 atom stereocenters. The van der Waals surface area contributed by atoms with Crippen LogP contribution in [0.2, 0.25) is 0 Å². The highest BCUT2D eigenvalue weighted by Crippen LogP contribution is 2.27. The van der Waals surface area contributed by atoms with E-state index in [0.717, 1.165) is 50.9 Å². The highest BCUT2D eigenvalue weighted by Gasteiger charge is 2.14. The van der Waals surface area contributed by atoms with E-state index in [0.29, 0.717) is 5.92 Å². The number of nitrogens with one attached hydrogen (secondary N) is 2. The summed E-state index contributed by atoms with van der Waals surface area (Å²) in [6.45, 7) is 19.2. The van der Waals surface area contributed by atoms with Gasteiger partial charge in [-0.05, 0) is 108 Å². The number of unbranched alkanes of at least 4 members (excludes halogenated alkanes) is 1. The first-order valence-electron chi connectivity index (χ1n) is 14.9. The molecule has 0 heterocycles. The average molecular weight is 493 g/mol. The summed E-state index contributed by atoms with van der Waals surface area (Å²) in [6.07, 6.45) is 28.7. The molecule has 0 radical (unpaired) electrons. The van der Waals surface area contributed by atoms with Crippen molar-refractivity contribution >= 4 is 0 Å². The summed E-state index contributed by atoms with van der Waals surface area (Å²) in [7, 11) is 0. The van der Waals surface area contributed by atoms with Gasteiger partial charge in [-0.2, -0.15) is 0 Å². The third-order valence-electron chi connectivity index (χ3n) is 8.10. The first-order chi connectivity index (χ1) is 17.5. The van der Waals surface area contributed by atoms with Gasteiger partial charge in [0.15, 0.2) is 0 Å². The minimum absolute atomic E-state index is 0.569. The van der Waals surface area contributed by atoms with Gasteiger partial charge in [-0.25, -0.2) is 0 Å². The van der Waals surface area contributed by atoms with Gasteiger partial charge in [0.25, 0.3) is 0 Å². The number of hydrogen-bond donors (Lipinski definition) is 2. The van der Waals surface area contributed by atoms with Crippen LogP contribution in [0, 0.1) is 17.8 Å². The van der Waals surface area contributed by atoms with Crippen LogP contribution in [0.15, 0.2) is 71.9 Å². The molecule has 3 unspecified atom stereocenters. The fraction of sp³-hybridized carbons (Fsp3) is 0.647. The van der Waals surface area contributed by atoms with E-state index >= 15 is 0 Å². The van der Waals surface area contributed by atoms with Gasteiger partial charge in [0.2, 0.25) is 0 Å². The Kier molecular flexibility index (Phi) is 15.8. The van der Waals surface area contributed by atoms with Crippen LogP contribution in [0.3, 0.4) is 0 Å². The number of rotatable bonds is 18. The molecule has 202 valence electrons. The monoisotopic (exact) mass is 492 g/mol. The van der Waals surface area contributed by atoms with Crippen LogP contribution >= 0.6 is 0 Å². The standard InChI is InChI=1S/C34H56N2/c1-6-8-16-34(28(3)4)27-35-23-12-11-15-33(24-31-21-19-30(7-2)20-22-31)26-36-25-32-14-10-9-13-29(5)17-18-32/h6,9-10,14,19,21,29,33-36H,1,3,7-8,11-13,15-18,20,22-27H2,2,4-5H3/b10-9-,32-14+. The van der Waals surface area contributed by atoms with Gasteiger partial charge in [-0.3, -0.25) is 0 Å². The molecule has 2 rings (SSSR count). The van der Waals surface area contributed by atoms with E-state index in [1.807, 2.05) is 6.08 Å². The normalized spacial score (nSPS) is 22.3. The van der Waals surface area contributed by atoms with Crippen LogP contribution < -0.4 is 10.6 Å². The van der Waals surface area contributed by atoms with E-state index < -0.39 is 0 Å². The highest BCUT2D eigenvalue weighted by atomic mass is 14.9. The van der Waals surface area contributed by atoms with E-state index in [9.17, 15) is 0 Å². The summed E-state index contributed by atoms with van der Waals surface area (Å²) < 4.78 is 0. The fourth-order valence-electron chi connectivity index (χ4n) is 5.37. The zero-order valence-corrected chi connectivity index (χ0v) is 23.9. The molecule has 2 heteroatoms. The largest absolute Gasteiger partial charge is 0.316 e. The Morgan fingerprint density at radius 1 is 1.03 bits per heavy atom. The second-order valence-electron chi connectivity index (χ2n) is 11.4. The van der Waals surface area contributed by atoms with Gasteiger partial charge >= 0.3 is 0 Å². The van der Waals surface area contributed by atoms with Crippen molar-refractivity contribution in [3.8, 4) is 0 Å². The molecule has 2 N–H and O–H groups in total. The second kappa shape index (κ2) is 18.6. The fourth-order valence-corrected chi connectivity index (χ4v) is 5.37. The predicted octanol–water partition coefficient (Wildman–Crippen LogP) is 8.86. The third kappa shape index (κ3) is 13.1. The third-order valence-corrected chi connectivity index (χ3v) is 8.10. The summed E-state index contributed by atoms with van der Waals surface area (Å²) in [5, 5.41) is 7.55. The molecule has 0 amide bonds. The molecule has 0 bridgehead atoms. The maximum Gasteiger partial charge on any atom is 0.0167 e. The van der Waals surface area contributed by atoms with Crippen molar-refractivity contribution in [1.29, 1.82) is 0 Å². The van der Waals surface area contributed by atoms with E-state index in [2.05, 4.69) is 74.9 Å². The molecule has 0 aromatic heterocycles. The summed E-state index contributed by atoms with van der Waals surface area (Å²) in [5.41, 5.74) is 6.13. The quantitative estimate of drug-likeness (QED) is 0.147. The van der Waals surface area contributed by atoms with Crippen LogP contribution in [0.1, 0.15) is 97.8 Å². The topological polar surface area (TPSA) is 24.1 Å². The smallest absolute Gasteiger partial charge is 0.0167 e. The lowest BCUT2D eigenvalue weighted by Gasteiger charge is -2.22. The van der Waals surface area contributed by atoms with Crippen molar-refractivity contribution < 1.29 is 0 Å². The van der Waals surface area contributed by atoms with Crippen LogP contribution in [-0.2, 0) is 0 Å². The Hall–Kier alpha value is -1.64. The minimum Gasteiger partial charge on any atom is -0.316 e. The Morgan fingerprint density at radius 2 is 1.83 bits per heavy atom. The van der Waals surface area contributed by atoms with Crippen molar-refractivity contribution in [3.63, 3.8) is 0 Å². The van der Waals surface area contributed by atoms with Crippen molar-refractivity contribution in [1.82, 2.24) is 10.6 Å². The van der Waals surface area contributed by atoms with Crippen LogP contribution in [0.25, 0.3) is 0 Å². The maximum absolute atomic E-state index is 4.19. The first kappa shape index (κ1) is 30.6. The van der Waals surface area contributed by atoms with Crippen LogP contribution in [0.4, 0.5) is 0 Å². The van der Waals surface area contributed by atoms with Gasteiger partial charge in [0, 0.05) is 13.1 Å². The Bertz CT molecular complexity index is 766. The Balaban J connectivity index is 1.79. The first-order valence-corrected chi connectivity index (χ1v) is 14.9. The molecule has 0 aliphatic heterocycles. The Morgan fingerprint density at radius 3 is 2.56 bits per heavy atom. The molecule has 0 spiro atoms. The molecule has 0 aromatic carbocycles. The SMILES string of the molecule is C=CCCC(CNCCCCC(CNC/C1=C/C=C\CC(C)CC1)CC1=CC=C(CC)CC1)C(=C)C. The zero-order chi connectivity index (χ0) is 26.0. The zero-order valence-electron chi connectivity index (χ0n) is 23.9. The molecule has 2 aliphatic carbocycles. The van der Waals surface area contributed by atoms with E-state index in [1.54, 1.807) is 16.7 Å². The number of allylic oxidation sites excluding steroid dienone is 8. The van der Waals surface area contributed by atoms with Crippen molar-refractivity contribution in [2.24, 2.45) is 17.8 Å². The summed E-state index contributed by atoms with van der Waals surface area (Å²) in [4.78, 5) is 0. The average Bonchev–Trinajstić information content (AvgIpc) is 2.87. The molecule has 0 fully saturated rings. The lowest BCUT2D eigenvalue weighted by Crippen LogP contribution is -2.26. The van der Waals surface area contributed by atoms with Gasteiger partial charge < -0.3 is 10.6 Å². The molecule has 2 nitrogen and oxygen atoms in total. The van der Waals surface area contributed by atoms with E-state index in [-0.39, 0.29) is 0 Å². The maximum atomic E-state index is 4.19. The van der Waals surface area contributed by atoms with E-state index in [4.69, 9.17) is 0 Å². The van der Waals surface area contributed by atoms with Crippen molar-refractivity contribution in [3.05, 3.63) is 71.9 Å². The van der Waals surface area contributed by atoms with Gasteiger partial charge in [0.05, 0.1) is 0 Å². The molecule has 0 saturated heterocycles. The van der Waals surface area contributed by atoms with Gasteiger partial charge in [-0.15, -0.1) is 6.58 Å². The molecular weight excluding hydrogens is 436 g/mol. The summed E-state index contributed by atoms with van der Waals surface area (Å²) >= 11 is 0. The molecule has 2 aliphatic rings. The number of hydrogen-bond acceptors (Lipinski definition) is 2. The summed E-state index contributed by atoms with van der Waals surface area (Å²) in [6, 6.07) is 0. The predicted molar refractivity (Wildman–Crippen MR) is 161 cm³/mol. The van der Waals surface area contributed by atoms with Crippen LogP contribution in [0.5, 0.6) is 0 Å². The summed E-state index contributed by atoms with van der Waals surface area (Å²) in [5.74, 6) is 2.10. The van der Waals surface area contributed by atoms with Crippen molar-refractivity contribution in [2.75, 3.05) is 26.2 Å². The second-order valence-corrected chi connectivity index (χ2v) is 11.4. The van der Waals surface area contributed by atoms with E-state index in [1.165, 1.54) is 69.8 Å². The molecular formula is C34H56N2.